The van der Waals surface area contributed by atoms with Gasteiger partial charge in [-0.1, -0.05) is 18.7 Å². The van der Waals surface area contributed by atoms with Gasteiger partial charge in [0, 0.05) is 0 Å². The van der Waals surface area contributed by atoms with Crippen LogP contribution in [0.3, 0.4) is 0 Å². The van der Waals surface area contributed by atoms with E-state index >= 15 is 0 Å². The minimum Gasteiger partial charge on any atom is -0.497 e. The lowest BCUT2D eigenvalue weighted by Gasteiger charge is -1.99. The molecular formula is C11H12O. The average Bonchev–Trinajstić information content (AvgIpc) is 2.15. The van der Waals surface area contributed by atoms with Gasteiger partial charge in [0.15, 0.2) is 0 Å². The molecule has 0 aromatic heterocycles. The van der Waals surface area contributed by atoms with Crippen LogP contribution in [0.15, 0.2) is 42.7 Å². The van der Waals surface area contributed by atoms with Crippen molar-refractivity contribution < 1.29 is 4.74 Å². The summed E-state index contributed by atoms with van der Waals surface area (Å²) in [7, 11) is 1.67. The van der Waals surface area contributed by atoms with Crippen LogP contribution < -0.4 is 4.74 Å². The normalized spacial score (nSPS) is 8.75. The van der Waals surface area contributed by atoms with E-state index in [2.05, 4.69) is 12.3 Å². The molecule has 1 aromatic rings. The zero-order chi connectivity index (χ0) is 8.81. The summed E-state index contributed by atoms with van der Waals surface area (Å²) in [5.74, 6) is 0.890. The van der Waals surface area contributed by atoms with Gasteiger partial charge in [-0.25, -0.2) is 0 Å². The first-order valence-electron chi connectivity index (χ1n) is 3.84. The van der Waals surface area contributed by atoms with Gasteiger partial charge in [-0.15, -0.1) is 5.73 Å². The van der Waals surface area contributed by atoms with E-state index in [9.17, 15) is 0 Å². The van der Waals surface area contributed by atoms with Crippen molar-refractivity contribution in [2.24, 2.45) is 0 Å². The fourth-order valence-electron chi connectivity index (χ4n) is 0.952. The van der Waals surface area contributed by atoms with Gasteiger partial charge in [0.1, 0.15) is 5.75 Å². The third kappa shape index (κ3) is 2.30. The number of hydrogen-bond acceptors (Lipinski definition) is 1. The Morgan fingerprint density at radius 1 is 1.42 bits per heavy atom. The Labute approximate surface area is 73.0 Å². The van der Waals surface area contributed by atoms with Crippen molar-refractivity contribution in [2.45, 2.75) is 6.42 Å². The fraction of sp³-hybridized carbons (Fsp3) is 0.182. The van der Waals surface area contributed by atoms with E-state index in [4.69, 9.17) is 4.74 Å². The number of methoxy groups -OCH3 is 1. The van der Waals surface area contributed by atoms with Crippen LogP contribution in [0.25, 0.3) is 0 Å². The average molecular weight is 160 g/mol. The maximum Gasteiger partial charge on any atom is 0.118 e. The van der Waals surface area contributed by atoms with E-state index < -0.39 is 0 Å². The van der Waals surface area contributed by atoms with Crippen LogP contribution in [0.2, 0.25) is 0 Å². The highest BCUT2D eigenvalue weighted by atomic mass is 16.5. The maximum absolute atomic E-state index is 5.04. The molecule has 1 nitrogen and oxygen atoms in total. The summed E-state index contributed by atoms with van der Waals surface area (Å²) in [5.41, 5.74) is 3.98. The summed E-state index contributed by atoms with van der Waals surface area (Å²) in [6, 6.07) is 7.97. The minimum atomic E-state index is 0.882. The first-order valence-corrected chi connectivity index (χ1v) is 3.84. The smallest absolute Gasteiger partial charge is 0.118 e. The maximum atomic E-state index is 5.04. The number of hydrogen-bond donors (Lipinski definition) is 0. The SMILES string of the molecule is C=C=CCc1ccc(OC)cc1. The van der Waals surface area contributed by atoms with Crippen LogP contribution in [-0.2, 0) is 6.42 Å². The topological polar surface area (TPSA) is 9.23 Å². The van der Waals surface area contributed by atoms with E-state index in [0.29, 0.717) is 0 Å². The van der Waals surface area contributed by atoms with Gasteiger partial charge in [-0.3, -0.25) is 0 Å². The third-order valence-corrected chi connectivity index (χ3v) is 1.64. The van der Waals surface area contributed by atoms with Gasteiger partial charge in [0.2, 0.25) is 0 Å². The lowest BCUT2D eigenvalue weighted by Crippen LogP contribution is -1.83. The zero-order valence-corrected chi connectivity index (χ0v) is 7.21. The molecule has 0 amide bonds. The van der Waals surface area contributed by atoms with Gasteiger partial charge < -0.3 is 4.74 Å². The second kappa shape index (κ2) is 4.42. The highest BCUT2D eigenvalue weighted by Crippen LogP contribution is 2.11. The lowest BCUT2D eigenvalue weighted by atomic mass is 10.1. The van der Waals surface area contributed by atoms with Crippen molar-refractivity contribution >= 4 is 0 Å². The van der Waals surface area contributed by atoms with Crippen molar-refractivity contribution in [1.29, 1.82) is 0 Å². The standard InChI is InChI=1S/C11H12O/c1-3-4-5-10-6-8-11(12-2)9-7-10/h4,6-9H,1,5H2,2H3. The molecular weight excluding hydrogens is 148 g/mol. The molecule has 1 rings (SSSR count). The van der Waals surface area contributed by atoms with Crippen LogP contribution in [0, 0.1) is 0 Å². The summed E-state index contributed by atoms with van der Waals surface area (Å²) in [6.07, 6.45) is 2.79. The molecule has 0 N–H and O–H groups in total. The van der Waals surface area contributed by atoms with Gasteiger partial charge in [-0.2, -0.15) is 0 Å². The quantitative estimate of drug-likeness (QED) is 0.617. The Kier molecular flexibility index (Phi) is 3.18. The van der Waals surface area contributed by atoms with Crippen molar-refractivity contribution in [1.82, 2.24) is 0 Å². The Hall–Kier alpha value is -1.46. The van der Waals surface area contributed by atoms with Gasteiger partial charge in [0.25, 0.3) is 0 Å². The summed E-state index contributed by atoms with van der Waals surface area (Å²) >= 11 is 0. The third-order valence-electron chi connectivity index (χ3n) is 1.64. The number of rotatable bonds is 3. The summed E-state index contributed by atoms with van der Waals surface area (Å²) < 4.78 is 5.04. The summed E-state index contributed by atoms with van der Waals surface area (Å²) in [4.78, 5) is 0. The molecule has 0 fully saturated rings. The second-order valence-corrected chi connectivity index (χ2v) is 2.46. The first-order chi connectivity index (χ1) is 5.86. The van der Waals surface area contributed by atoms with E-state index in [0.717, 1.165) is 12.2 Å². The van der Waals surface area contributed by atoms with Crippen LogP contribution >= 0.6 is 0 Å². The molecule has 0 saturated heterocycles. The molecule has 62 valence electrons. The molecule has 0 bridgehead atoms. The summed E-state index contributed by atoms with van der Waals surface area (Å²) in [6.45, 7) is 3.50. The number of allylic oxidation sites excluding steroid dienone is 1. The summed E-state index contributed by atoms with van der Waals surface area (Å²) in [5, 5.41) is 0. The van der Waals surface area contributed by atoms with Gasteiger partial charge in [0.05, 0.1) is 7.11 Å². The highest BCUT2D eigenvalue weighted by molar-refractivity contribution is 5.28. The van der Waals surface area contributed by atoms with Crippen LogP contribution in [0.4, 0.5) is 0 Å². The molecule has 0 atom stereocenters. The van der Waals surface area contributed by atoms with Crippen molar-refractivity contribution in [3.8, 4) is 5.75 Å². The van der Waals surface area contributed by atoms with E-state index in [1.54, 1.807) is 7.11 Å². The minimum absolute atomic E-state index is 0.882. The first kappa shape index (κ1) is 8.63. The zero-order valence-electron chi connectivity index (χ0n) is 7.21. The Morgan fingerprint density at radius 2 is 2.08 bits per heavy atom. The molecule has 0 radical (unpaired) electrons. The molecule has 0 aliphatic carbocycles. The van der Waals surface area contributed by atoms with Crippen LogP contribution in [0.1, 0.15) is 5.56 Å². The largest absolute Gasteiger partial charge is 0.497 e. The number of benzene rings is 1. The monoisotopic (exact) mass is 160 g/mol. The van der Waals surface area contributed by atoms with Crippen LogP contribution in [0.5, 0.6) is 5.75 Å². The fourth-order valence-corrected chi connectivity index (χ4v) is 0.952. The van der Waals surface area contributed by atoms with Gasteiger partial charge in [-0.05, 0) is 30.2 Å². The number of ether oxygens (including phenoxy) is 1. The van der Waals surface area contributed by atoms with Crippen molar-refractivity contribution in [3.63, 3.8) is 0 Å². The van der Waals surface area contributed by atoms with Crippen molar-refractivity contribution in [3.05, 3.63) is 48.2 Å². The van der Waals surface area contributed by atoms with E-state index in [1.807, 2.05) is 30.3 Å². The van der Waals surface area contributed by atoms with Crippen molar-refractivity contribution in [2.75, 3.05) is 7.11 Å². The molecule has 1 heteroatoms. The molecule has 0 heterocycles. The molecule has 0 spiro atoms. The predicted octanol–water partition coefficient (Wildman–Crippen LogP) is 2.58. The molecule has 1 aromatic carbocycles. The molecule has 0 aliphatic rings. The molecule has 0 aliphatic heterocycles. The highest BCUT2D eigenvalue weighted by Gasteiger charge is 1.90. The Morgan fingerprint density at radius 3 is 2.58 bits per heavy atom. The predicted molar refractivity (Wildman–Crippen MR) is 50.4 cm³/mol. The van der Waals surface area contributed by atoms with Crippen LogP contribution in [-0.4, -0.2) is 7.11 Å². The Bertz CT molecular complexity index is 278. The van der Waals surface area contributed by atoms with Gasteiger partial charge >= 0.3 is 0 Å². The second-order valence-electron chi connectivity index (χ2n) is 2.46. The molecule has 0 saturated carbocycles. The Balaban J connectivity index is 2.70. The molecule has 12 heavy (non-hydrogen) atoms. The van der Waals surface area contributed by atoms with E-state index in [1.165, 1.54) is 5.56 Å². The van der Waals surface area contributed by atoms with E-state index in [-0.39, 0.29) is 0 Å². The lowest BCUT2D eigenvalue weighted by molar-refractivity contribution is 0.414. The molecule has 0 unspecified atom stereocenters.